The lowest BCUT2D eigenvalue weighted by Gasteiger charge is -2.20. The molecule has 0 spiro atoms. The Balaban J connectivity index is 2.26. The van der Waals surface area contributed by atoms with Gasteiger partial charge in [-0.2, -0.15) is 0 Å². The molecule has 0 bridgehead atoms. The van der Waals surface area contributed by atoms with Crippen LogP contribution in [0, 0.1) is 0 Å². The summed E-state index contributed by atoms with van der Waals surface area (Å²) in [6, 6.07) is 4.11. The van der Waals surface area contributed by atoms with Crippen molar-refractivity contribution in [3.63, 3.8) is 0 Å². The van der Waals surface area contributed by atoms with Crippen LogP contribution < -0.4 is 0 Å². The van der Waals surface area contributed by atoms with Gasteiger partial charge in [0.2, 0.25) is 5.91 Å². The Morgan fingerprint density at radius 1 is 1.37 bits per heavy atom. The number of amides is 1. The van der Waals surface area contributed by atoms with Crippen molar-refractivity contribution in [3.05, 3.63) is 22.4 Å². The summed E-state index contributed by atoms with van der Waals surface area (Å²) in [6.45, 7) is 3.00. The molecule has 1 heterocycles. The minimum atomic E-state index is -0.273. The van der Waals surface area contributed by atoms with E-state index in [0.29, 0.717) is 19.5 Å². The van der Waals surface area contributed by atoms with E-state index in [0.717, 1.165) is 12.8 Å². The minimum Gasteiger partial charge on any atom is -0.469 e. The first-order valence-corrected chi connectivity index (χ1v) is 7.42. The van der Waals surface area contributed by atoms with Crippen molar-refractivity contribution in [2.24, 2.45) is 0 Å². The van der Waals surface area contributed by atoms with Crippen molar-refractivity contribution in [2.45, 2.75) is 32.6 Å². The average molecular weight is 283 g/mol. The van der Waals surface area contributed by atoms with E-state index in [1.54, 1.807) is 16.2 Å². The largest absolute Gasteiger partial charge is 0.469 e. The molecule has 1 rings (SSSR count). The van der Waals surface area contributed by atoms with Crippen LogP contribution in [-0.2, 0) is 20.7 Å². The van der Waals surface area contributed by atoms with Gasteiger partial charge in [0.25, 0.3) is 0 Å². The molecule has 19 heavy (non-hydrogen) atoms. The Kier molecular flexibility index (Phi) is 7.18. The van der Waals surface area contributed by atoms with Gasteiger partial charge >= 0.3 is 5.97 Å². The molecule has 0 aliphatic heterocycles. The van der Waals surface area contributed by atoms with E-state index < -0.39 is 0 Å². The molecule has 0 unspecified atom stereocenters. The van der Waals surface area contributed by atoms with Crippen molar-refractivity contribution >= 4 is 23.2 Å². The fourth-order valence-electron chi connectivity index (χ4n) is 1.81. The molecule has 106 valence electrons. The van der Waals surface area contributed by atoms with Crippen molar-refractivity contribution < 1.29 is 14.3 Å². The van der Waals surface area contributed by atoms with Gasteiger partial charge in [-0.3, -0.25) is 9.59 Å². The zero-order valence-electron chi connectivity index (χ0n) is 11.6. The van der Waals surface area contributed by atoms with E-state index in [1.165, 1.54) is 12.0 Å². The van der Waals surface area contributed by atoms with Gasteiger partial charge in [0.05, 0.1) is 13.5 Å². The number of esters is 1. The Hall–Kier alpha value is -1.36. The molecule has 5 heteroatoms. The maximum absolute atomic E-state index is 12.0. The Morgan fingerprint density at radius 3 is 2.74 bits per heavy atom. The number of thiophene rings is 1. The first kappa shape index (κ1) is 15.7. The van der Waals surface area contributed by atoms with Crippen molar-refractivity contribution in [2.75, 3.05) is 20.2 Å². The number of carbonyl (C=O) groups excluding carboxylic acids is 2. The number of methoxy groups -OCH3 is 1. The van der Waals surface area contributed by atoms with E-state index in [4.69, 9.17) is 0 Å². The molecule has 0 N–H and O–H groups in total. The number of ether oxygens (including phenoxy) is 1. The van der Waals surface area contributed by atoms with Gasteiger partial charge < -0.3 is 9.64 Å². The fraction of sp³-hybridized carbons (Fsp3) is 0.571. The summed E-state index contributed by atoms with van der Waals surface area (Å²) in [5, 5.41) is 2.05. The van der Waals surface area contributed by atoms with E-state index in [-0.39, 0.29) is 18.3 Å². The average Bonchev–Trinajstić information content (AvgIpc) is 2.92. The maximum atomic E-state index is 12.0. The Morgan fingerprint density at radius 2 is 2.16 bits per heavy atom. The summed E-state index contributed by atoms with van der Waals surface area (Å²) in [6.07, 6.45) is 2.60. The lowest BCUT2D eigenvalue weighted by atomic mass is 10.2. The van der Waals surface area contributed by atoms with Crippen LogP contribution in [0.4, 0.5) is 0 Å². The molecule has 0 fully saturated rings. The highest BCUT2D eigenvalue weighted by molar-refractivity contribution is 7.09. The molecule has 0 aromatic carbocycles. The summed E-state index contributed by atoms with van der Waals surface area (Å²) < 4.78 is 4.58. The highest BCUT2D eigenvalue weighted by Gasteiger charge is 2.13. The third-order valence-electron chi connectivity index (χ3n) is 2.94. The molecular weight excluding hydrogens is 262 g/mol. The second-order valence-electron chi connectivity index (χ2n) is 4.23. The fourth-order valence-corrected chi connectivity index (χ4v) is 2.57. The van der Waals surface area contributed by atoms with Gasteiger partial charge in [0.15, 0.2) is 0 Å². The van der Waals surface area contributed by atoms with Crippen LogP contribution in [0.15, 0.2) is 17.5 Å². The first-order valence-electron chi connectivity index (χ1n) is 6.54. The molecule has 0 radical (unpaired) electrons. The Labute approximate surface area is 118 Å². The third-order valence-corrected chi connectivity index (χ3v) is 3.88. The summed E-state index contributed by atoms with van der Waals surface area (Å²) in [7, 11) is 1.36. The number of nitrogens with zero attached hydrogens (tertiary/aromatic N) is 1. The van der Waals surface area contributed by atoms with Crippen LogP contribution in [0.2, 0.25) is 0 Å². The lowest BCUT2D eigenvalue weighted by molar-refractivity contribution is -0.141. The standard InChI is InChI=1S/C14H21NO3S/c1-3-15(10-9-14(17)18-2)13(16)8-4-6-12-7-5-11-19-12/h5,7,11H,3-4,6,8-10H2,1-2H3. The minimum absolute atomic E-state index is 0.114. The molecule has 0 atom stereocenters. The lowest BCUT2D eigenvalue weighted by Crippen LogP contribution is -2.32. The highest BCUT2D eigenvalue weighted by atomic mass is 32.1. The normalized spacial score (nSPS) is 10.2. The quantitative estimate of drug-likeness (QED) is 0.689. The summed E-state index contributed by atoms with van der Waals surface area (Å²) >= 11 is 1.72. The van der Waals surface area contributed by atoms with Crippen molar-refractivity contribution in [1.29, 1.82) is 0 Å². The molecule has 0 saturated heterocycles. The smallest absolute Gasteiger partial charge is 0.307 e. The molecule has 1 amide bonds. The first-order chi connectivity index (χ1) is 9.17. The SMILES string of the molecule is CCN(CCC(=O)OC)C(=O)CCCc1cccs1. The molecule has 0 saturated carbocycles. The number of aryl methyl sites for hydroxylation is 1. The molecule has 0 aliphatic carbocycles. The van der Waals surface area contributed by atoms with Crippen LogP contribution in [0.3, 0.4) is 0 Å². The summed E-state index contributed by atoms with van der Waals surface area (Å²) in [4.78, 5) is 26.1. The Bertz CT molecular complexity index is 389. The van der Waals surface area contributed by atoms with Crippen LogP contribution in [0.5, 0.6) is 0 Å². The zero-order valence-corrected chi connectivity index (χ0v) is 12.4. The summed E-state index contributed by atoms with van der Waals surface area (Å²) in [5.74, 6) is -0.159. The van der Waals surface area contributed by atoms with Crippen LogP contribution in [0.25, 0.3) is 0 Å². The third kappa shape index (κ3) is 5.87. The zero-order chi connectivity index (χ0) is 14.1. The highest BCUT2D eigenvalue weighted by Crippen LogP contribution is 2.12. The van der Waals surface area contributed by atoms with E-state index in [9.17, 15) is 9.59 Å². The van der Waals surface area contributed by atoms with Crippen molar-refractivity contribution in [1.82, 2.24) is 4.90 Å². The second-order valence-corrected chi connectivity index (χ2v) is 5.26. The second kappa shape index (κ2) is 8.69. The predicted molar refractivity (Wildman–Crippen MR) is 76.1 cm³/mol. The number of rotatable bonds is 8. The molecule has 1 aromatic heterocycles. The van der Waals surface area contributed by atoms with E-state index >= 15 is 0 Å². The number of hydrogen-bond acceptors (Lipinski definition) is 4. The number of hydrogen-bond donors (Lipinski definition) is 0. The van der Waals surface area contributed by atoms with Gasteiger partial charge in [-0.25, -0.2) is 0 Å². The van der Waals surface area contributed by atoms with Crippen LogP contribution in [-0.4, -0.2) is 37.0 Å². The van der Waals surface area contributed by atoms with Crippen LogP contribution in [0.1, 0.15) is 31.1 Å². The molecular formula is C14H21NO3S. The van der Waals surface area contributed by atoms with Crippen LogP contribution >= 0.6 is 11.3 Å². The molecule has 1 aromatic rings. The van der Waals surface area contributed by atoms with E-state index in [1.807, 2.05) is 18.4 Å². The molecule has 4 nitrogen and oxygen atoms in total. The van der Waals surface area contributed by atoms with Gasteiger partial charge in [-0.1, -0.05) is 6.07 Å². The van der Waals surface area contributed by atoms with E-state index in [2.05, 4.69) is 10.8 Å². The maximum Gasteiger partial charge on any atom is 0.307 e. The monoisotopic (exact) mass is 283 g/mol. The van der Waals surface area contributed by atoms with Gasteiger partial charge in [0, 0.05) is 24.4 Å². The number of carbonyl (C=O) groups is 2. The molecule has 0 aliphatic rings. The van der Waals surface area contributed by atoms with Gasteiger partial charge in [-0.05, 0) is 31.2 Å². The predicted octanol–water partition coefficient (Wildman–Crippen LogP) is 2.48. The van der Waals surface area contributed by atoms with Gasteiger partial charge in [0.1, 0.15) is 0 Å². The topological polar surface area (TPSA) is 46.6 Å². The van der Waals surface area contributed by atoms with Gasteiger partial charge in [-0.15, -0.1) is 11.3 Å². The van der Waals surface area contributed by atoms with Crippen molar-refractivity contribution in [3.8, 4) is 0 Å². The summed E-state index contributed by atoms with van der Waals surface area (Å²) in [5.41, 5.74) is 0.